The second-order valence-corrected chi connectivity index (χ2v) is 5.98. The Kier molecular flexibility index (Phi) is 5.70. The van der Waals surface area contributed by atoms with Crippen LogP contribution in [0.3, 0.4) is 0 Å². The minimum absolute atomic E-state index is 0.154. The van der Waals surface area contributed by atoms with Gasteiger partial charge < -0.3 is 4.74 Å². The molecule has 1 heterocycles. The zero-order chi connectivity index (χ0) is 14.5. The standard InChI is InChI=1S/C15H19Cl2NO2/c1-20-15(19)9-13-4-2-3-7-18(13)10-11-8-12(16)5-6-14(11)17/h5-6,8,13H,2-4,7,9-10H2,1H3. The number of nitrogens with zero attached hydrogens (tertiary/aromatic N) is 1. The molecule has 2 rings (SSSR count). The van der Waals surface area contributed by atoms with Gasteiger partial charge in [-0.05, 0) is 43.1 Å². The molecule has 1 aromatic carbocycles. The van der Waals surface area contributed by atoms with Gasteiger partial charge in [0.15, 0.2) is 0 Å². The molecule has 0 aliphatic carbocycles. The van der Waals surface area contributed by atoms with E-state index in [0.29, 0.717) is 11.4 Å². The second-order valence-electron chi connectivity index (χ2n) is 5.14. The molecule has 1 aromatic rings. The normalized spacial score (nSPS) is 19.9. The summed E-state index contributed by atoms with van der Waals surface area (Å²) in [6.07, 6.45) is 3.76. The predicted octanol–water partition coefficient (Wildman–Crippen LogP) is 3.91. The van der Waals surface area contributed by atoms with E-state index < -0.39 is 0 Å². The van der Waals surface area contributed by atoms with Crippen molar-refractivity contribution < 1.29 is 9.53 Å². The fourth-order valence-corrected chi connectivity index (χ4v) is 3.03. The van der Waals surface area contributed by atoms with Crippen LogP contribution in [0.15, 0.2) is 18.2 Å². The van der Waals surface area contributed by atoms with Crippen LogP contribution in [0, 0.1) is 0 Å². The summed E-state index contributed by atoms with van der Waals surface area (Å²) in [5.41, 5.74) is 1.01. The topological polar surface area (TPSA) is 29.5 Å². The molecule has 0 N–H and O–H groups in total. The molecule has 1 unspecified atom stereocenters. The van der Waals surface area contributed by atoms with Crippen molar-refractivity contribution in [3.05, 3.63) is 33.8 Å². The summed E-state index contributed by atoms with van der Waals surface area (Å²) < 4.78 is 4.78. The highest BCUT2D eigenvalue weighted by molar-refractivity contribution is 6.33. The molecule has 0 bridgehead atoms. The number of carbonyl (C=O) groups excluding carboxylic acids is 1. The van der Waals surface area contributed by atoms with E-state index in [1.165, 1.54) is 7.11 Å². The predicted molar refractivity (Wildman–Crippen MR) is 81.1 cm³/mol. The molecule has 3 nitrogen and oxygen atoms in total. The van der Waals surface area contributed by atoms with Crippen molar-refractivity contribution in [2.45, 2.75) is 38.3 Å². The molecular weight excluding hydrogens is 297 g/mol. The lowest BCUT2D eigenvalue weighted by molar-refractivity contribution is -0.142. The third kappa shape index (κ3) is 4.11. The maximum Gasteiger partial charge on any atom is 0.307 e. The SMILES string of the molecule is COC(=O)CC1CCCCN1Cc1cc(Cl)ccc1Cl. The molecule has 1 atom stereocenters. The Labute approximate surface area is 129 Å². The van der Waals surface area contributed by atoms with Crippen molar-refractivity contribution in [2.24, 2.45) is 0 Å². The van der Waals surface area contributed by atoms with E-state index >= 15 is 0 Å². The van der Waals surface area contributed by atoms with Crippen molar-refractivity contribution in [3.63, 3.8) is 0 Å². The fourth-order valence-electron chi connectivity index (χ4n) is 2.66. The maximum atomic E-state index is 11.5. The van der Waals surface area contributed by atoms with Gasteiger partial charge in [0.2, 0.25) is 0 Å². The number of hydrogen-bond donors (Lipinski definition) is 0. The first-order valence-corrected chi connectivity index (χ1v) is 7.60. The molecule has 0 radical (unpaired) electrons. The first kappa shape index (κ1) is 15.6. The Bertz CT molecular complexity index is 479. The van der Waals surface area contributed by atoms with Gasteiger partial charge >= 0.3 is 5.97 Å². The molecule has 0 spiro atoms. The number of benzene rings is 1. The largest absolute Gasteiger partial charge is 0.469 e. The van der Waals surface area contributed by atoms with Crippen molar-refractivity contribution >= 4 is 29.2 Å². The number of rotatable bonds is 4. The zero-order valence-electron chi connectivity index (χ0n) is 11.6. The van der Waals surface area contributed by atoms with Gasteiger partial charge in [0, 0.05) is 22.6 Å². The van der Waals surface area contributed by atoms with Crippen molar-refractivity contribution in [3.8, 4) is 0 Å². The second kappa shape index (κ2) is 7.30. The third-order valence-corrected chi connectivity index (χ3v) is 4.36. The van der Waals surface area contributed by atoms with Gasteiger partial charge in [0.1, 0.15) is 0 Å². The van der Waals surface area contributed by atoms with Crippen LogP contribution in [0.25, 0.3) is 0 Å². The number of ether oxygens (including phenoxy) is 1. The number of carbonyl (C=O) groups is 1. The summed E-state index contributed by atoms with van der Waals surface area (Å²) in [6.45, 7) is 1.70. The van der Waals surface area contributed by atoms with E-state index in [9.17, 15) is 4.79 Å². The lowest BCUT2D eigenvalue weighted by atomic mass is 9.98. The Morgan fingerprint density at radius 3 is 2.95 bits per heavy atom. The van der Waals surface area contributed by atoms with E-state index in [4.69, 9.17) is 27.9 Å². The molecule has 1 aliphatic rings. The molecule has 0 aromatic heterocycles. The zero-order valence-corrected chi connectivity index (χ0v) is 13.1. The monoisotopic (exact) mass is 315 g/mol. The Morgan fingerprint density at radius 1 is 1.40 bits per heavy atom. The third-order valence-electron chi connectivity index (χ3n) is 3.76. The molecule has 5 heteroatoms. The van der Waals surface area contributed by atoms with Crippen LogP contribution in [0.5, 0.6) is 0 Å². The summed E-state index contributed by atoms with van der Waals surface area (Å²) in [5, 5.41) is 1.41. The van der Waals surface area contributed by atoms with Gasteiger partial charge in [-0.15, -0.1) is 0 Å². The van der Waals surface area contributed by atoms with Crippen LogP contribution < -0.4 is 0 Å². The molecule has 0 amide bonds. The van der Waals surface area contributed by atoms with Crippen LogP contribution in [0.1, 0.15) is 31.2 Å². The summed E-state index contributed by atoms with van der Waals surface area (Å²) in [5.74, 6) is -0.154. The average molecular weight is 316 g/mol. The smallest absolute Gasteiger partial charge is 0.307 e. The molecule has 1 saturated heterocycles. The van der Waals surface area contributed by atoms with Gasteiger partial charge in [-0.3, -0.25) is 9.69 Å². The van der Waals surface area contributed by atoms with Crippen LogP contribution in [-0.4, -0.2) is 30.6 Å². The lowest BCUT2D eigenvalue weighted by Gasteiger charge is -2.35. The molecule has 1 fully saturated rings. The van der Waals surface area contributed by atoms with Crippen LogP contribution in [-0.2, 0) is 16.1 Å². The van der Waals surface area contributed by atoms with E-state index in [0.717, 1.165) is 42.9 Å². The number of esters is 1. The lowest BCUT2D eigenvalue weighted by Crippen LogP contribution is -2.40. The number of likely N-dealkylation sites (tertiary alicyclic amines) is 1. The van der Waals surface area contributed by atoms with Crippen LogP contribution >= 0.6 is 23.2 Å². The first-order chi connectivity index (χ1) is 9.60. The number of halogens is 2. The van der Waals surface area contributed by atoms with Crippen molar-refractivity contribution in [1.82, 2.24) is 4.90 Å². The molecule has 110 valence electrons. The van der Waals surface area contributed by atoms with Gasteiger partial charge in [-0.2, -0.15) is 0 Å². The summed E-state index contributed by atoms with van der Waals surface area (Å²) in [6, 6.07) is 5.73. The fraction of sp³-hybridized carbons (Fsp3) is 0.533. The van der Waals surface area contributed by atoms with E-state index in [1.54, 1.807) is 6.07 Å². The highest BCUT2D eigenvalue weighted by atomic mass is 35.5. The number of methoxy groups -OCH3 is 1. The van der Waals surface area contributed by atoms with Crippen LogP contribution in [0.2, 0.25) is 10.0 Å². The molecular formula is C15H19Cl2NO2. The number of hydrogen-bond acceptors (Lipinski definition) is 3. The van der Waals surface area contributed by atoms with Gasteiger partial charge in [-0.25, -0.2) is 0 Å². The Hall–Kier alpha value is -0.770. The Balaban J connectivity index is 2.08. The van der Waals surface area contributed by atoms with Crippen molar-refractivity contribution in [2.75, 3.05) is 13.7 Å². The summed E-state index contributed by atoms with van der Waals surface area (Å²) in [7, 11) is 1.43. The van der Waals surface area contributed by atoms with Crippen molar-refractivity contribution in [1.29, 1.82) is 0 Å². The number of piperidine rings is 1. The highest BCUT2D eigenvalue weighted by Gasteiger charge is 2.25. The van der Waals surface area contributed by atoms with E-state index in [-0.39, 0.29) is 12.0 Å². The van der Waals surface area contributed by atoms with Gasteiger partial charge in [0.05, 0.1) is 13.5 Å². The highest BCUT2D eigenvalue weighted by Crippen LogP contribution is 2.26. The molecule has 0 saturated carbocycles. The molecule has 20 heavy (non-hydrogen) atoms. The summed E-state index contributed by atoms with van der Waals surface area (Å²) >= 11 is 12.2. The van der Waals surface area contributed by atoms with E-state index in [2.05, 4.69) is 4.90 Å². The van der Waals surface area contributed by atoms with E-state index in [1.807, 2.05) is 12.1 Å². The molecule has 1 aliphatic heterocycles. The summed E-state index contributed by atoms with van der Waals surface area (Å²) in [4.78, 5) is 13.8. The minimum atomic E-state index is -0.154. The van der Waals surface area contributed by atoms with Gasteiger partial charge in [0.25, 0.3) is 0 Å². The van der Waals surface area contributed by atoms with Gasteiger partial charge in [-0.1, -0.05) is 29.6 Å². The average Bonchev–Trinajstić information content (AvgIpc) is 2.44. The maximum absolute atomic E-state index is 11.5. The first-order valence-electron chi connectivity index (χ1n) is 6.85. The van der Waals surface area contributed by atoms with Crippen LogP contribution in [0.4, 0.5) is 0 Å². The minimum Gasteiger partial charge on any atom is -0.469 e. The quantitative estimate of drug-likeness (QED) is 0.789. The Morgan fingerprint density at radius 2 is 2.20 bits per heavy atom.